The molecule has 0 saturated carbocycles. The molecule has 13 heteroatoms. The number of hydrogen-bond acceptors (Lipinski definition) is 9. The topological polar surface area (TPSA) is 151 Å². The van der Waals surface area contributed by atoms with Gasteiger partial charge in [-0.2, -0.15) is 9.65 Å². The van der Waals surface area contributed by atoms with Crippen LogP contribution < -0.4 is 15.2 Å². The van der Waals surface area contributed by atoms with Crippen molar-refractivity contribution in [2.24, 2.45) is 10.7 Å². The number of amidine groups is 1. The van der Waals surface area contributed by atoms with Crippen LogP contribution in [-0.2, 0) is 10.8 Å². The number of ether oxygens (including phenoxy) is 2. The highest BCUT2D eigenvalue weighted by molar-refractivity contribution is 7.85. The van der Waals surface area contributed by atoms with Crippen LogP contribution in [-0.4, -0.2) is 51.1 Å². The second kappa shape index (κ2) is 11.6. The Kier molecular flexibility index (Phi) is 7.81. The van der Waals surface area contributed by atoms with Gasteiger partial charge in [0.05, 0.1) is 51.2 Å². The molecule has 3 N–H and O–H groups in total. The van der Waals surface area contributed by atoms with Gasteiger partial charge >= 0.3 is 0 Å². The number of halogens is 2. The van der Waals surface area contributed by atoms with Crippen LogP contribution >= 0.6 is 0 Å². The number of pyridine rings is 1. The number of aromatic nitrogens is 1. The van der Waals surface area contributed by atoms with Gasteiger partial charge in [0.2, 0.25) is 17.5 Å². The van der Waals surface area contributed by atoms with Gasteiger partial charge in [0.1, 0.15) is 11.6 Å². The smallest absolute Gasteiger partial charge is 0.260 e. The molecule has 212 valence electrons. The van der Waals surface area contributed by atoms with Gasteiger partial charge in [-0.25, -0.2) is 13.6 Å². The van der Waals surface area contributed by atoms with E-state index in [1.165, 1.54) is 48.5 Å². The number of hydrogen-bond donors (Lipinski definition) is 2. The number of amides is 1. The number of nitriles is 1. The predicted molar refractivity (Wildman–Crippen MR) is 147 cm³/mol. The molecule has 1 atom stereocenters. The standard InChI is InChI=1S/C29H21F2N5O5S/c1-36-11-10-34-28(36)19-13-17(42(39)24-5-3-2-4-18(24)27(33)38)7-9-22(19)40-26-20(30)15-35-29(25(26)31)41-23-12-16(14-32)6-8-21(23)37/h2-9,12-13,15,37H,10-11H2,1H3,(H2,33,38). The van der Waals surface area contributed by atoms with E-state index >= 15 is 4.39 Å². The number of phenolic OH excluding ortho intramolecular Hbond substituents is 1. The van der Waals surface area contributed by atoms with Crippen molar-refractivity contribution in [1.82, 2.24) is 9.88 Å². The van der Waals surface area contributed by atoms with Gasteiger partial charge in [-0.05, 0) is 42.5 Å². The average Bonchev–Trinajstić information content (AvgIpc) is 3.42. The molecule has 1 aliphatic heterocycles. The summed E-state index contributed by atoms with van der Waals surface area (Å²) in [5.74, 6) is -5.03. The number of carbonyl (C=O) groups excluding carboxylic acids is 1. The molecule has 0 fully saturated rings. The van der Waals surface area contributed by atoms with E-state index in [4.69, 9.17) is 20.5 Å². The first-order valence-electron chi connectivity index (χ1n) is 12.3. The summed E-state index contributed by atoms with van der Waals surface area (Å²) in [5.41, 5.74) is 5.97. The maximum Gasteiger partial charge on any atom is 0.260 e. The highest BCUT2D eigenvalue weighted by Gasteiger charge is 2.26. The van der Waals surface area contributed by atoms with Crippen molar-refractivity contribution in [2.45, 2.75) is 9.79 Å². The van der Waals surface area contributed by atoms with Crippen molar-refractivity contribution >= 4 is 22.5 Å². The summed E-state index contributed by atoms with van der Waals surface area (Å²) >= 11 is 0. The summed E-state index contributed by atoms with van der Waals surface area (Å²) in [6.45, 7) is 1.01. The Morgan fingerprint density at radius 3 is 2.62 bits per heavy atom. The summed E-state index contributed by atoms with van der Waals surface area (Å²) in [6, 6.07) is 16.1. The first-order valence-corrected chi connectivity index (χ1v) is 13.5. The van der Waals surface area contributed by atoms with E-state index in [-0.39, 0.29) is 38.0 Å². The molecule has 0 spiro atoms. The molecular weight excluding hydrogens is 568 g/mol. The molecule has 1 amide bonds. The van der Waals surface area contributed by atoms with E-state index in [1.54, 1.807) is 24.1 Å². The molecular formula is C29H21F2N5O5S. The molecule has 42 heavy (non-hydrogen) atoms. The second-order valence-corrected chi connectivity index (χ2v) is 10.4. The van der Waals surface area contributed by atoms with Gasteiger partial charge in [-0.1, -0.05) is 12.1 Å². The predicted octanol–water partition coefficient (Wildman–Crippen LogP) is 4.48. The largest absolute Gasteiger partial charge is 0.504 e. The third-order valence-corrected chi connectivity index (χ3v) is 7.66. The third-order valence-electron chi connectivity index (χ3n) is 6.22. The Morgan fingerprint density at radius 1 is 1.12 bits per heavy atom. The summed E-state index contributed by atoms with van der Waals surface area (Å²) in [7, 11) is -0.0833. The number of carbonyl (C=O) groups is 1. The first-order chi connectivity index (χ1) is 20.2. The number of likely N-dealkylation sites (N-methyl/N-ethyl adjacent to an activating group) is 1. The van der Waals surface area contributed by atoms with E-state index in [0.717, 1.165) is 0 Å². The highest BCUT2D eigenvalue weighted by Crippen LogP contribution is 2.38. The molecule has 0 radical (unpaired) electrons. The number of phenols is 1. The number of primary amides is 1. The van der Waals surface area contributed by atoms with Gasteiger partial charge in [-0.3, -0.25) is 9.79 Å². The molecule has 1 aliphatic rings. The Balaban J connectivity index is 1.55. The number of benzene rings is 3. The van der Waals surface area contributed by atoms with Crippen LogP contribution in [0, 0.1) is 23.0 Å². The SMILES string of the molecule is CN1CCN=C1c1cc(S(=O)c2ccccc2C(N)=O)ccc1Oc1c(F)cnc(Oc2cc(C#N)ccc2O)c1F. The quantitative estimate of drug-likeness (QED) is 0.305. The number of nitrogens with two attached hydrogens (primary N) is 1. The normalized spacial score (nSPS) is 13.3. The van der Waals surface area contributed by atoms with Gasteiger partial charge in [0.15, 0.2) is 17.3 Å². The lowest BCUT2D eigenvalue weighted by molar-refractivity contribution is 0.0997. The molecule has 0 aliphatic carbocycles. The third kappa shape index (κ3) is 5.48. The fraction of sp³-hybridized carbons (Fsp3) is 0.103. The molecule has 2 heterocycles. The molecule has 0 bridgehead atoms. The van der Waals surface area contributed by atoms with Gasteiger partial charge in [0.25, 0.3) is 5.88 Å². The molecule has 10 nitrogen and oxygen atoms in total. The van der Waals surface area contributed by atoms with Crippen LogP contribution in [0.1, 0.15) is 21.5 Å². The van der Waals surface area contributed by atoms with E-state index in [9.17, 15) is 18.5 Å². The zero-order chi connectivity index (χ0) is 30.0. The first kappa shape index (κ1) is 28.2. The van der Waals surface area contributed by atoms with Crippen molar-refractivity contribution in [1.29, 1.82) is 5.26 Å². The summed E-state index contributed by atoms with van der Waals surface area (Å²) in [6.07, 6.45) is 0.683. The van der Waals surface area contributed by atoms with Gasteiger partial charge in [0, 0.05) is 24.6 Å². The van der Waals surface area contributed by atoms with Crippen molar-refractivity contribution < 1.29 is 32.4 Å². The number of nitrogens with zero attached hydrogens (tertiary/aromatic N) is 4. The van der Waals surface area contributed by atoms with E-state index in [2.05, 4.69) is 9.98 Å². The summed E-state index contributed by atoms with van der Waals surface area (Å²) < 4.78 is 55.0. The zero-order valence-electron chi connectivity index (χ0n) is 21.9. The molecule has 1 aromatic heterocycles. The van der Waals surface area contributed by atoms with Crippen molar-refractivity contribution in [3.63, 3.8) is 0 Å². The maximum atomic E-state index is 15.5. The Hall–Kier alpha value is -5.35. The zero-order valence-corrected chi connectivity index (χ0v) is 22.7. The summed E-state index contributed by atoms with van der Waals surface area (Å²) in [4.78, 5) is 22.3. The van der Waals surface area contributed by atoms with E-state index in [0.29, 0.717) is 25.1 Å². The van der Waals surface area contributed by atoms with Crippen molar-refractivity contribution in [3.05, 3.63) is 95.2 Å². The molecule has 0 saturated heterocycles. The van der Waals surface area contributed by atoms with Crippen LogP contribution in [0.15, 0.2) is 81.6 Å². The van der Waals surface area contributed by atoms with Crippen molar-refractivity contribution in [2.75, 3.05) is 20.1 Å². The van der Waals surface area contributed by atoms with Crippen LogP contribution in [0.25, 0.3) is 0 Å². The van der Waals surface area contributed by atoms with E-state index in [1.807, 2.05) is 6.07 Å². The minimum absolute atomic E-state index is 0.0179. The molecule has 1 unspecified atom stereocenters. The monoisotopic (exact) mass is 589 g/mol. The fourth-order valence-corrected chi connectivity index (χ4v) is 5.39. The van der Waals surface area contributed by atoms with Crippen LogP contribution in [0.3, 0.4) is 0 Å². The Bertz CT molecular complexity index is 1830. The summed E-state index contributed by atoms with van der Waals surface area (Å²) in [5, 5.41) is 19.2. The van der Waals surface area contributed by atoms with E-state index < -0.39 is 45.7 Å². The fourth-order valence-electron chi connectivity index (χ4n) is 4.15. The van der Waals surface area contributed by atoms with Gasteiger partial charge < -0.3 is 25.2 Å². The number of rotatable bonds is 8. The van der Waals surface area contributed by atoms with Crippen LogP contribution in [0.4, 0.5) is 8.78 Å². The molecule has 5 rings (SSSR count). The lowest BCUT2D eigenvalue weighted by Crippen LogP contribution is -2.24. The van der Waals surface area contributed by atoms with Crippen molar-refractivity contribution in [3.8, 4) is 34.9 Å². The lowest BCUT2D eigenvalue weighted by Gasteiger charge is -2.19. The van der Waals surface area contributed by atoms with Gasteiger partial charge in [-0.15, -0.1) is 0 Å². The number of aromatic hydroxyl groups is 1. The highest BCUT2D eigenvalue weighted by atomic mass is 32.2. The minimum atomic E-state index is -1.85. The Labute approximate surface area is 240 Å². The second-order valence-electron chi connectivity index (χ2n) is 8.97. The van der Waals surface area contributed by atoms with Crippen LogP contribution in [0.2, 0.25) is 0 Å². The average molecular weight is 590 g/mol. The molecule has 4 aromatic rings. The number of aliphatic imine (C=N–C) groups is 1. The minimum Gasteiger partial charge on any atom is -0.504 e. The van der Waals surface area contributed by atoms with Crippen LogP contribution in [0.5, 0.6) is 28.9 Å². The maximum absolute atomic E-state index is 15.5. The molecule has 3 aromatic carbocycles. The Morgan fingerprint density at radius 2 is 1.90 bits per heavy atom. The lowest BCUT2D eigenvalue weighted by atomic mass is 10.1.